The van der Waals surface area contributed by atoms with E-state index < -0.39 is 0 Å². The average Bonchev–Trinajstić information content (AvgIpc) is 2.26. The second-order valence-corrected chi connectivity index (χ2v) is 4.70. The standard InChI is InChI=1S/C12H20N4/c1-4-9-14-10(13-3)8-11(15-9)16-12(2)6-5-7-12/h8H,4-7H2,1-3H3,(H2,13,14,15,16). The lowest BCUT2D eigenvalue weighted by molar-refractivity contribution is 0.305. The molecule has 0 unspecified atom stereocenters. The fourth-order valence-electron chi connectivity index (χ4n) is 1.99. The van der Waals surface area contributed by atoms with Gasteiger partial charge in [-0.3, -0.25) is 0 Å². The Hall–Kier alpha value is -1.32. The van der Waals surface area contributed by atoms with Crippen LogP contribution in [0, 0.1) is 0 Å². The van der Waals surface area contributed by atoms with Gasteiger partial charge in [-0.2, -0.15) is 0 Å². The Bertz CT molecular complexity index is 349. The predicted molar refractivity (Wildman–Crippen MR) is 66.8 cm³/mol. The summed E-state index contributed by atoms with van der Waals surface area (Å²) in [4.78, 5) is 8.89. The van der Waals surface area contributed by atoms with Crippen molar-refractivity contribution in [1.82, 2.24) is 9.97 Å². The van der Waals surface area contributed by atoms with Crippen LogP contribution >= 0.6 is 0 Å². The molecule has 0 aromatic carbocycles. The Morgan fingerprint density at radius 3 is 2.50 bits per heavy atom. The zero-order chi connectivity index (χ0) is 11.6. The van der Waals surface area contributed by atoms with Gasteiger partial charge >= 0.3 is 0 Å². The van der Waals surface area contributed by atoms with Crippen molar-refractivity contribution in [3.05, 3.63) is 11.9 Å². The number of hydrogen-bond donors (Lipinski definition) is 2. The van der Waals surface area contributed by atoms with Crippen molar-refractivity contribution >= 4 is 11.6 Å². The van der Waals surface area contributed by atoms with Crippen LogP contribution < -0.4 is 10.6 Å². The number of nitrogens with one attached hydrogen (secondary N) is 2. The van der Waals surface area contributed by atoms with Crippen molar-refractivity contribution in [2.24, 2.45) is 0 Å². The van der Waals surface area contributed by atoms with E-state index in [1.807, 2.05) is 13.1 Å². The first-order valence-corrected chi connectivity index (χ1v) is 5.99. The van der Waals surface area contributed by atoms with Gasteiger partial charge in [0.15, 0.2) is 0 Å². The Morgan fingerprint density at radius 2 is 2.00 bits per heavy atom. The zero-order valence-corrected chi connectivity index (χ0v) is 10.3. The number of aromatic nitrogens is 2. The second-order valence-electron chi connectivity index (χ2n) is 4.70. The first-order valence-electron chi connectivity index (χ1n) is 5.99. The molecular weight excluding hydrogens is 200 g/mol. The second kappa shape index (κ2) is 4.28. The summed E-state index contributed by atoms with van der Waals surface area (Å²) in [5, 5.41) is 6.59. The predicted octanol–water partition coefficient (Wildman–Crippen LogP) is 2.44. The maximum atomic E-state index is 4.50. The summed E-state index contributed by atoms with van der Waals surface area (Å²) in [7, 11) is 1.89. The van der Waals surface area contributed by atoms with Crippen LogP contribution in [0.4, 0.5) is 11.6 Å². The zero-order valence-electron chi connectivity index (χ0n) is 10.3. The van der Waals surface area contributed by atoms with Crippen LogP contribution in [0.15, 0.2) is 6.07 Å². The quantitative estimate of drug-likeness (QED) is 0.818. The van der Waals surface area contributed by atoms with Crippen LogP contribution in [0.1, 0.15) is 38.9 Å². The van der Waals surface area contributed by atoms with E-state index in [2.05, 4.69) is 34.4 Å². The first kappa shape index (κ1) is 11.2. The van der Waals surface area contributed by atoms with E-state index in [1.54, 1.807) is 0 Å². The molecule has 88 valence electrons. The normalized spacial score (nSPS) is 17.7. The topological polar surface area (TPSA) is 49.8 Å². The summed E-state index contributed by atoms with van der Waals surface area (Å²) >= 11 is 0. The average molecular weight is 220 g/mol. The van der Waals surface area contributed by atoms with Gasteiger partial charge in [0.2, 0.25) is 0 Å². The van der Waals surface area contributed by atoms with Gasteiger partial charge in [-0.15, -0.1) is 0 Å². The van der Waals surface area contributed by atoms with Crippen LogP contribution in [0.2, 0.25) is 0 Å². The molecule has 1 heterocycles. The Labute approximate surface area is 96.9 Å². The minimum Gasteiger partial charge on any atom is -0.373 e. The van der Waals surface area contributed by atoms with E-state index >= 15 is 0 Å². The smallest absolute Gasteiger partial charge is 0.132 e. The largest absolute Gasteiger partial charge is 0.373 e. The lowest BCUT2D eigenvalue weighted by Crippen LogP contribution is -2.42. The molecule has 2 rings (SSSR count). The Kier molecular flexibility index (Phi) is 2.99. The summed E-state index contributed by atoms with van der Waals surface area (Å²) in [6, 6.07) is 1.97. The van der Waals surface area contributed by atoms with E-state index in [1.165, 1.54) is 19.3 Å². The van der Waals surface area contributed by atoms with E-state index in [-0.39, 0.29) is 5.54 Å². The van der Waals surface area contributed by atoms with E-state index in [9.17, 15) is 0 Å². The monoisotopic (exact) mass is 220 g/mol. The number of aryl methyl sites for hydroxylation is 1. The van der Waals surface area contributed by atoms with Crippen molar-refractivity contribution in [2.45, 2.75) is 45.1 Å². The number of nitrogens with zero attached hydrogens (tertiary/aromatic N) is 2. The number of hydrogen-bond acceptors (Lipinski definition) is 4. The maximum absolute atomic E-state index is 4.50. The van der Waals surface area contributed by atoms with Crippen LogP contribution in [0.5, 0.6) is 0 Å². The lowest BCUT2D eigenvalue weighted by Gasteiger charge is -2.39. The molecule has 4 heteroatoms. The highest BCUT2D eigenvalue weighted by atomic mass is 15.1. The van der Waals surface area contributed by atoms with Gasteiger partial charge in [0.1, 0.15) is 17.5 Å². The lowest BCUT2D eigenvalue weighted by atomic mass is 9.78. The van der Waals surface area contributed by atoms with Gasteiger partial charge in [0, 0.05) is 25.1 Å². The molecule has 2 N–H and O–H groups in total. The van der Waals surface area contributed by atoms with Crippen molar-refractivity contribution in [2.75, 3.05) is 17.7 Å². The van der Waals surface area contributed by atoms with Crippen molar-refractivity contribution < 1.29 is 0 Å². The molecule has 16 heavy (non-hydrogen) atoms. The fourth-order valence-corrected chi connectivity index (χ4v) is 1.99. The SMILES string of the molecule is CCc1nc(NC)cc(NC2(C)CCC2)n1. The molecular formula is C12H20N4. The highest BCUT2D eigenvalue weighted by molar-refractivity contribution is 5.49. The molecule has 0 saturated heterocycles. The van der Waals surface area contributed by atoms with Gasteiger partial charge in [-0.25, -0.2) is 9.97 Å². The molecule has 0 amide bonds. The van der Waals surface area contributed by atoms with Crippen molar-refractivity contribution in [3.8, 4) is 0 Å². The van der Waals surface area contributed by atoms with Crippen LogP contribution in [-0.4, -0.2) is 22.6 Å². The summed E-state index contributed by atoms with van der Waals surface area (Å²) in [6.45, 7) is 4.33. The number of anilines is 2. The molecule has 1 saturated carbocycles. The summed E-state index contributed by atoms with van der Waals surface area (Å²) in [6.07, 6.45) is 4.63. The van der Waals surface area contributed by atoms with Gasteiger partial charge in [-0.05, 0) is 26.2 Å². The Balaban J connectivity index is 2.18. The minimum atomic E-state index is 0.240. The summed E-state index contributed by atoms with van der Waals surface area (Å²) in [5.41, 5.74) is 0.240. The maximum Gasteiger partial charge on any atom is 0.132 e. The molecule has 1 fully saturated rings. The summed E-state index contributed by atoms with van der Waals surface area (Å²) < 4.78 is 0. The fraction of sp³-hybridized carbons (Fsp3) is 0.667. The van der Waals surface area contributed by atoms with Gasteiger partial charge < -0.3 is 10.6 Å². The highest BCUT2D eigenvalue weighted by Crippen LogP contribution is 2.34. The summed E-state index contributed by atoms with van der Waals surface area (Å²) in [5.74, 6) is 2.72. The molecule has 1 aliphatic rings. The molecule has 1 aromatic heterocycles. The van der Waals surface area contributed by atoms with Gasteiger partial charge in [0.25, 0.3) is 0 Å². The molecule has 0 aliphatic heterocycles. The molecule has 1 aromatic rings. The van der Waals surface area contributed by atoms with Crippen molar-refractivity contribution in [1.29, 1.82) is 0 Å². The third kappa shape index (κ3) is 2.26. The van der Waals surface area contributed by atoms with E-state index in [0.717, 1.165) is 23.9 Å². The van der Waals surface area contributed by atoms with Gasteiger partial charge in [0.05, 0.1) is 0 Å². The van der Waals surface area contributed by atoms with Crippen LogP contribution in [0.3, 0.4) is 0 Å². The molecule has 1 aliphatic carbocycles. The molecule has 0 atom stereocenters. The third-order valence-electron chi connectivity index (χ3n) is 3.23. The molecule has 0 radical (unpaired) electrons. The van der Waals surface area contributed by atoms with E-state index in [0.29, 0.717) is 0 Å². The van der Waals surface area contributed by atoms with Crippen LogP contribution in [0.25, 0.3) is 0 Å². The van der Waals surface area contributed by atoms with Crippen LogP contribution in [-0.2, 0) is 6.42 Å². The molecule has 0 spiro atoms. The number of rotatable bonds is 4. The van der Waals surface area contributed by atoms with Crippen molar-refractivity contribution in [3.63, 3.8) is 0 Å². The molecule has 4 nitrogen and oxygen atoms in total. The Morgan fingerprint density at radius 1 is 1.31 bits per heavy atom. The first-order chi connectivity index (χ1) is 7.65. The van der Waals surface area contributed by atoms with E-state index in [4.69, 9.17) is 0 Å². The van der Waals surface area contributed by atoms with Gasteiger partial charge in [-0.1, -0.05) is 6.92 Å². The highest BCUT2D eigenvalue weighted by Gasteiger charge is 2.31. The molecule has 0 bridgehead atoms. The minimum absolute atomic E-state index is 0.240. The third-order valence-corrected chi connectivity index (χ3v) is 3.23.